The summed E-state index contributed by atoms with van der Waals surface area (Å²) in [5, 5.41) is 0. The lowest BCUT2D eigenvalue weighted by Crippen LogP contribution is -2.42. The minimum atomic E-state index is -3.54. The molecule has 2 aliphatic heterocycles. The number of carbonyl (C=O) groups is 1. The van der Waals surface area contributed by atoms with Gasteiger partial charge in [0.2, 0.25) is 15.9 Å². The molecule has 0 aromatic heterocycles. The number of hydrogen-bond acceptors (Lipinski definition) is 3. The molecule has 0 saturated carbocycles. The van der Waals surface area contributed by atoms with Crippen molar-refractivity contribution in [3.05, 3.63) is 23.3 Å². The van der Waals surface area contributed by atoms with Crippen LogP contribution in [0.5, 0.6) is 0 Å². The van der Waals surface area contributed by atoms with E-state index in [0.717, 1.165) is 23.2 Å². The topological polar surface area (TPSA) is 66.5 Å². The molecular weight excluding hydrogens is 300 g/mol. The van der Waals surface area contributed by atoms with E-state index in [2.05, 4.69) is 4.72 Å². The molecule has 2 aliphatic rings. The van der Waals surface area contributed by atoms with Gasteiger partial charge in [-0.25, -0.2) is 13.1 Å². The molecule has 1 aromatic carbocycles. The number of nitrogens with one attached hydrogen (secondary N) is 1. The molecule has 6 heteroatoms. The maximum Gasteiger partial charge on any atom is 0.241 e. The van der Waals surface area contributed by atoms with Crippen LogP contribution in [0.2, 0.25) is 0 Å². The fourth-order valence-electron chi connectivity index (χ4n) is 3.08. The highest BCUT2D eigenvalue weighted by Gasteiger charge is 2.33. The number of amides is 1. The predicted octanol–water partition coefficient (Wildman–Crippen LogP) is 1.99. The van der Waals surface area contributed by atoms with E-state index in [1.54, 1.807) is 17.0 Å². The molecule has 0 unspecified atom stereocenters. The summed E-state index contributed by atoms with van der Waals surface area (Å²) in [5.41, 5.74) is 2.42. The summed E-state index contributed by atoms with van der Waals surface area (Å²) < 4.78 is 28.1. The van der Waals surface area contributed by atoms with E-state index in [4.69, 9.17) is 0 Å². The van der Waals surface area contributed by atoms with E-state index in [1.807, 2.05) is 20.8 Å². The number of rotatable bonds is 4. The van der Waals surface area contributed by atoms with E-state index >= 15 is 0 Å². The van der Waals surface area contributed by atoms with E-state index in [-0.39, 0.29) is 5.91 Å². The largest absolute Gasteiger partial charge is 0.312 e. The molecule has 5 nitrogen and oxygen atoms in total. The zero-order valence-corrected chi connectivity index (χ0v) is 14.1. The number of sulfonamides is 1. The second-order valence-corrected chi connectivity index (χ2v) is 8.41. The van der Waals surface area contributed by atoms with Crippen LogP contribution in [0.1, 0.15) is 44.7 Å². The van der Waals surface area contributed by atoms with E-state index in [1.165, 1.54) is 0 Å². The summed E-state index contributed by atoms with van der Waals surface area (Å²) >= 11 is 0. The molecule has 3 rings (SSSR count). The lowest BCUT2D eigenvalue weighted by Gasteiger charge is -2.27. The lowest BCUT2D eigenvalue weighted by atomic mass is 10.00. The van der Waals surface area contributed by atoms with Crippen molar-refractivity contribution in [2.45, 2.75) is 56.9 Å². The average molecular weight is 322 g/mol. The summed E-state index contributed by atoms with van der Waals surface area (Å²) in [4.78, 5) is 14.0. The summed E-state index contributed by atoms with van der Waals surface area (Å²) in [5.74, 6) is 0.145. The molecule has 120 valence electrons. The van der Waals surface area contributed by atoms with Gasteiger partial charge in [-0.3, -0.25) is 4.79 Å². The molecule has 2 heterocycles. The normalized spacial score (nSPS) is 17.8. The average Bonchev–Trinajstić information content (AvgIpc) is 2.87. The highest BCUT2D eigenvalue weighted by molar-refractivity contribution is 7.89. The van der Waals surface area contributed by atoms with Gasteiger partial charge in [-0.05, 0) is 56.4 Å². The quantitative estimate of drug-likeness (QED) is 0.922. The summed E-state index contributed by atoms with van der Waals surface area (Å²) in [6.07, 6.45) is 2.53. The van der Waals surface area contributed by atoms with Crippen molar-refractivity contribution in [3.63, 3.8) is 0 Å². The molecule has 1 N–H and O–H groups in total. The van der Waals surface area contributed by atoms with Crippen molar-refractivity contribution in [1.82, 2.24) is 4.72 Å². The minimum absolute atomic E-state index is 0.145. The van der Waals surface area contributed by atoms with Gasteiger partial charge in [0.1, 0.15) is 0 Å². The highest BCUT2D eigenvalue weighted by atomic mass is 32.2. The first-order valence-electron chi connectivity index (χ1n) is 7.74. The Morgan fingerprint density at radius 3 is 2.45 bits per heavy atom. The Kier molecular flexibility index (Phi) is 3.57. The highest BCUT2D eigenvalue weighted by Crippen LogP contribution is 2.38. The Balaban J connectivity index is 2.03. The Bertz CT molecular complexity index is 738. The van der Waals surface area contributed by atoms with Crippen molar-refractivity contribution >= 4 is 21.6 Å². The van der Waals surface area contributed by atoms with Gasteiger partial charge < -0.3 is 4.90 Å². The number of benzene rings is 1. The third-order valence-electron chi connectivity index (χ3n) is 4.63. The van der Waals surface area contributed by atoms with E-state index in [0.29, 0.717) is 30.7 Å². The van der Waals surface area contributed by atoms with Crippen molar-refractivity contribution in [2.24, 2.45) is 0 Å². The van der Waals surface area contributed by atoms with Gasteiger partial charge in [-0.15, -0.1) is 0 Å². The van der Waals surface area contributed by atoms with Gasteiger partial charge in [-0.1, -0.05) is 6.92 Å². The molecule has 0 radical (unpaired) electrons. The van der Waals surface area contributed by atoms with Gasteiger partial charge in [0.25, 0.3) is 0 Å². The Hall–Kier alpha value is -1.40. The summed E-state index contributed by atoms with van der Waals surface area (Å²) in [6.45, 7) is 6.38. The molecule has 0 fully saturated rings. The number of hydrogen-bond donors (Lipinski definition) is 1. The van der Waals surface area contributed by atoms with Crippen molar-refractivity contribution in [1.29, 1.82) is 0 Å². The Morgan fingerprint density at radius 1 is 1.18 bits per heavy atom. The van der Waals surface area contributed by atoms with Crippen LogP contribution in [0.15, 0.2) is 17.0 Å². The van der Waals surface area contributed by atoms with Crippen LogP contribution in [-0.2, 0) is 27.7 Å². The first kappa shape index (κ1) is 15.5. The second kappa shape index (κ2) is 5.06. The zero-order valence-electron chi connectivity index (χ0n) is 13.3. The fraction of sp³-hybridized carbons (Fsp3) is 0.562. The van der Waals surface area contributed by atoms with Gasteiger partial charge in [0.15, 0.2) is 0 Å². The predicted molar refractivity (Wildman–Crippen MR) is 85.5 cm³/mol. The van der Waals surface area contributed by atoms with E-state index in [9.17, 15) is 13.2 Å². The number of nitrogens with zero attached hydrogens (tertiary/aromatic N) is 1. The molecule has 22 heavy (non-hydrogen) atoms. The molecule has 0 saturated heterocycles. The third kappa shape index (κ3) is 2.54. The van der Waals surface area contributed by atoms with Crippen LogP contribution in [0.25, 0.3) is 0 Å². The van der Waals surface area contributed by atoms with Crippen LogP contribution in [0.3, 0.4) is 0 Å². The van der Waals surface area contributed by atoms with Gasteiger partial charge in [-0.2, -0.15) is 0 Å². The monoisotopic (exact) mass is 322 g/mol. The molecule has 1 aromatic rings. The molecule has 0 bridgehead atoms. The zero-order chi connectivity index (χ0) is 16.1. The van der Waals surface area contributed by atoms with Crippen LogP contribution in [-0.4, -0.2) is 26.4 Å². The summed E-state index contributed by atoms with van der Waals surface area (Å²) in [6, 6.07) is 3.46. The maximum absolute atomic E-state index is 12.6. The van der Waals surface area contributed by atoms with Crippen molar-refractivity contribution < 1.29 is 13.2 Å². The number of anilines is 1. The van der Waals surface area contributed by atoms with Crippen LogP contribution < -0.4 is 9.62 Å². The number of aryl methyl sites for hydroxylation is 1. The summed E-state index contributed by atoms with van der Waals surface area (Å²) in [7, 11) is -3.54. The van der Waals surface area contributed by atoms with Crippen molar-refractivity contribution in [2.75, 3.05) is 11.4 Å². The minimum Gasteiger partial charge on any atom is -0.312 e. The third-order valence-corrected chi connectivity index (χ3v) is 6.31. The van der Waals surface area contributed by atoms with E-state index < -0.39 is 15.6 Å². The first-order valence-corrected chi connectivity index (χ1v) is 9.22. The lowest BCUT2D eigenvalue weighted by molar-refractivity contribution is -0.118. The molecule has 0 spiro atoms. The molecule has 0 atom stereocenters. The van der Waals surface area contributed by atoms with Gasteiger partial charge in [0.05, 0.1) is 10.6 Å². The van der Waals surface area contributed by atoms with Crippen molar-refractivity contribution in [3.8, 4) is 0 Å². The fourth-order valence-corrected chi connectivity index (χ4v) is 4.66. The van der Waals surface area contributed by atoms with Crippen LogP contribution in [0.4, 0.5) is 5.69 Å². The molecular formula is C16H22N2O3S. The second-order valence-electron chi connectivity index (χ2n) is 6.73. The van der Waals surface area contributed by atoms with Gasteiger partial charge in [0, 0.05) is 18.5 Å². The Morgan fingerprint density at radius 2 is 1.82 bits per heavy atom. The number of carbonyl (C=O) groups excluding carboxylic acids is 1. The smallest absolute Gasteiger partial charge is 0.241 e. The maximum atomic E-state index is 12.6. The Labute approximate surface area is 131 Å². The van der Waals surface area contributed by atoms with Crippen LogP contribution in [0, 0.1) is 0 Å². The van der Waals surface area contributed by atoms with Crippen LogP contribution >= 0.6 is 0 Å². The standard InChI is InChI=1S/C16H22N2O3S/c1-4-16(2,3)17-22(20,21)13-9-11-5-6-14(19)18-8-7-12(10-13)15(11)18/h9-10,17H,4-8H2,1-3H3. The molecule has 1 amide bonds. The molecule has 0 aliphatic carbocycles. The first-order chi connectivity index (χ1) is 10.2. The SMILES string of the molecule is CCC(C)(C)NS(=O)(=O)c1cc2c3c(c1)CCN3C(=O)CC2. The van der Waals surface area contributed by atoms with Gasteiger partial charge >= 0.3 is 0 Å².